The number of allylic oxidation sites excluding steroid dienone is 4. The van der Waals surface area contributed by atoms with Crippen LogP contribution in [0.25, 0.3) is 0 Å². The summed E-state index contributed by atoms with van der Waals surface area (Å²) in [6.07, 6.45) is 7.64. The number of esters is 1. The van der Waals surface area contributed by atoms with E-state index >= 15 is 0 Å². The number of ether oxygens (including phenoxy) is 1. The van der Waals surface area contributed by atoms with Crippen LogP contribution in [0.15, 0.2) is 46.6 Å². The minimum absolute atomic E-state index is 0.183. The molecule has 124 valence electrons. The highest BCUT2D eigenvalue weighted by Gasteiger charge is 2.32. The van der Waals surface area contributed by atoms with E-state index in [0.717, 1.165) is 48.8 Å². The molecule has 0 radical (unpaired) electrons. The third-order valence-electron chi connectivity index (χ3n) is 4.58. The topological polar surface area (TPSA) is 79.2 Å². The molecule has 1 N–H and O–H groups in total. The van der Waals surface area contributed by atoms with Gasteiger partial charge in [-0.05, 0) is 45.1 Å². The zero-order valence-electron chi connectivity index (χ0n) is 13.8. The van der Waals surface area contributed by atoms with Gasteiger partial charge in [0.2, 0.25) is 0 Å². The lowest BCUT2D eigenvalue weighted by Crippen LogP contribution is -2.49. The van der Waals surface area contributed by atoms with Crippen LogP contribution >= 0.6 is 0 Å². The zero-order valence-corrected chi connectivity index (χ0v) is 13.8. The summed E-state index contributed by atoms with van der Waals surface area (Å²) in [5.41, 5.74) is 3.90. The summed E-state index contributed by atoms with van der Waals surface area (Å²) in [6, 6.07) is 2.03. The van der Waals surface area contributed by atoms with Crippen LogP contribution in [0, 0.1) is 11.3 Å². The van der Waals surface area contributed by atoms with Crippen molar-refractivity contribution in [3.8, 4) is 6.07 Å². The van der Waals surface area contributed by atoms with Crippen LogP contribution in [0.5, 0.6) is 0 Å². The summed E-state index contributed by atoms with van der Waals surface area (Å²) >= 11 is 0. The maximum Gasteiger partial charge on any atom is 0.330 e. The average molecular weight is 324 g/mol. The number of nitrogens with one attached hydrogen (secondary N) is 1. The van der Waals surface area contributed by atoms with Gasteiger partial charge in [-0.15, -0.1) is 0 Å². The number of hydrogen-bond acceptors (Lipinski definition) is 4. The van der Waals surface area contributed by atoms with Crippen molar-refractivity contribution in [1.29, 1.82) is 5.26 Å². The quantitative estimate of drug-likeness (QED) is 0.479. The fraction of sp³-hybridized carbons (Fsp3) is 0.421. The SMILES string of the molecule is C=C1CC(=CC(=O)OCC(C)(C#N)NC(=O)C2=C3CCC(=C2)C3)C1. The maximum absolute atomic E-state index is 12.4. The molecule has 3 rings (SSSR count). The molecule has 2 saturated carbocycles. The van der Waals surface area contributed by atoms with Gasteiger partial charge in [0, 0.05) is 11.6 Å². The van der Waals surface area contributed by atoms with E-state index in [9.17, 15) is 14.9 Å². The first-order valence-electron chi connectivity index (χ1n) is 8.06. The van der Waals surface area contributed by atoms with E-state index in [0.29, 0.717) is 5.57 Å². The van der Waals surface area contributed by atoms with Gasteiger partial charge in [-0.2, -0.15) is 5.26 Å². The summed E-state index contributed by atoms with van der Waals surface area (Å²) < 4.78 is 5.15. The Bertz CT molecular complexity index is 754. The normalized spacial score (nSPS) is 20.8. The Hall–Kier alpha value is -2.61. The molecule has 0 saturated heterocycles. The highest BCUT2D eigenvalue weighted by molar-refractivity contribution is 5.99. The second-order valence-electron chi connectivity index (χ2n) is 6.91. The third-order valence-corrected chi connectivity index (χ3v) is 4.58. The van der Waals surface area contributed by atoms with E-state index in [1.165, 1.54) is 11.6 Å². The van der Waals surface area contributed by atoms with Gasteiger partial charge < -0.3 is 10.1 Å². The summed E-state index contributed by atoms with van der Waals surface area (Å²) in [5.74, 6) is -0.759. The number of hydrogen-bond donors (Lipinski definition) is 1. The molecule has 5 nitrogen and oxygen atoms in total. The van der Waals surface area contributed by atoms with Gasteiger partial charge in [0.05, 0.1) is 6.07 Å². The molecular formula is C19H20N2O3. The number of nitriles is 1. The third kappa shape index (κ3) is 3.33. The van der Waals surface area contributed by atoms with Crippen LogP contribution < -0.4 is 5.32 Å². The molecule has 1 unspecified atom stereocenters. The number of carbonyl (C=O) groups is 2. The summed E-state index contributed by atoms with van der Waals surface area (Å²) in [6.45, 7) is 5.19. The van der Waals surface area contributed by atoms with E-state index in [4.69, 9.17) is 4.74 Å². The molecule has 0 aromatic rings. The standard InChI is InChI=1S/C19H20N2O3/c1-12-5-14(6-12)9-17(22)24-11-19(2,10-20)21-18(23)16-8-13-3-4-15(16)7-13/h8-9H,1,3-7,11H2,2H3,(H,21,23). The lowest BCUT2D eigenvalue weighted by molar-refractivity contribution is -0.140. The lowest BCUT2D eigenvalue weighted by Gasteiger charge is -2.24. The second-order valence-corrected chi connectivity index (χ2v) is 6.91. The molecule has 2 fully saturated rings. The predicted molar refractivity (Wildman–Crippen MR) is 88.5 cm³/mol. The second kappa shape index (κ2) is 6.12. The van der Waals surface area contributed by atoms with Gasteiger partial charge >= 0.3 is 5.97 Å². The van der Waals surface area contributed by atoms with Gasteiger partial charge in [-0.25, -0.2) is 4.79 Å². The number of rotatable bonds is 5. The van der Waals surface area contributed by atoms with Crippen molar-refractivity contribution >= 4 is 11.9 Å². The number of amides is 1. The molecule has 1 atom stereocenters. The smallest absolute Gasteiger partial charge is 0.330 e. The number of nitrogens with zero attached hydrogens (tertiary/aromatic N) is 1. The van der Waals surface area contributed by atoms with Crippen molar-refractivity contribution in [2.24, 2.45) is 0 Å². The van der Waals surface area contributed by atoms with Crippen molar-refractivity contribution in [2.75, 3.05) is 6.61 Å². The molecule has 1 amide bonds. The summed E-state index contributed by atoms with van der Waals surface area (Å²) in [7, 11) is 0. The number of fused-ring (bicyclic) bond motifs is 2. The Morgan fingerprint density at radius 1 is 1.42 bits per heavy atom. The van der Waals surface area contributed by atoms with Crippen LogP contribution in [0.4, 0.5) is 0 Å². The average Bonchev–Trinajstić information content (AvgIpc) is 3.14. The Labute approximate surface area is 141 Å². The van der Waals surface area contributed by atoms with Gasteiger partial charge in [-0.3, -0.25) is 4.79 Å². The van der Waals surface area contributed by atoms with Crippen LogP contribution in [0.2, 0.25) is 0 Å². The van der Waals surface area contributed by atoms with Crippen molar-refractivity contribution in [1.82, 2.24) is 5.32 Å². The molecule has 3 aliphatic carbocycles. The molecule has 3 aliphatic rings. The van der Waals surface area contributed by atoms with E-state index in [-0.39, 0.29) is 12.5 Å². The Balaban J connectivity index is 1.56. The summed E-state index contributed by atoms with van der Waals surface area (Å²) in [5, 5.41) is 12.1. The van der Waals surface area contributed by atoms with Crippen LogP contribution in [-0.2, 0) is 14.3 Å². The fourth-order valence-corrected chi connectivity index (χ4v) is 3.18. The van der Waals surface area contributed by atoms with Crippen LogP contribution in [-0.4, -0.2) is 24.0 Å². The minimum atomic E-state index is -1.25. The van der Waals surface area contributed by atoms with E-state index in [2.05, 4.69) is 11.9 Å². The van der Waals surface area contributed by atoms with Gasteiger partial charge in [0.25, 0.3) is 5.91 Å². The predicted octanol–water partition coefficient (Wildman–Crippen LogP) is 2.62. The van der Waals surface area contributed by atoms with Crippen LogP contribution in [0.1, 0.15) is 39.0 Å². The van der Waals surface area contributed by atoms with Gasteiger partial charge in [0.15, 0.2) is 5.54 Å². The Morgan fingerprint density at radius 2 is 2.17 bits per heavy atom. The van der Waals surface area contributed by atoms with E-state index in [1.807, 2.05) is 12.1 Å². The molecule has 0 heterocycles. The Kier molecular flexibility index (Phi) is 4.15. The fourth-order valence-electron chi connectivity index (χ4n) is 3.18. The van der Waals surface area contributed by atoms with Crippen molar-refractivity contribution in [3.63, 3.8) is 0 Å². The summed E-state index contributed by atoms with van der Waals surface area (Å²) in [4.78, 5) is 24.2. The first kappa shape index (κ1) is 16.3. The molecule has 0 spiro atoms. The molecular weight excluding hydrogens is 304 g/mol. The molecule has 0 aromatic heterocycles. The minimum Gasteiger partial charge on any atom is -0.459 e. The van der Waals surface area contributed by atoms with E-state index in [1.54, 1.807) is 6.92 Å². The Morgan fingerprint density at radius 3 is 2.71 bits per heavy atom. The van der Waals surface area contributed by atoms with E-state index < -0.39 is 11.5 Å². The lowest BCUT2D eigenvalue weighted by atomic mass is 9.87. The molecule has 0 aliphatic heterocycles. The van der Waals surface area contributed by atoms with Crippen molar-refractivity contribution < 1.29 is 14.3 Å². The molecule has 5 heteroatoms. The van der Waals surface area contributed by atoms with Crippen molar-refractivity contribution in [3.05, 3.63) is 46.6 Å². The zero-order chi connectivity index (χ0) is 17.3. The van der Waals surface area contributed by atoms with Gasteiger partial charge in [-0.1, -0.05) is 28.9 Å². The van der Waals surface area contributed by atoms with Crippen LogP contribution in [0.3, 0.4) is 0 Å². The molecule has 0 aromatic carbocycles. The maximum atomic E-state index is 12.4. The first-order chi connectivity index (χ1) is 11.4. The van der Waals surface area contributed by atoms with Gasteiger partial charge in [0.1, 0.15) is 6.61 Å². The monoisotopic (exact) mass is 324 g/mol. The highest BCUT2D eigenvalue weighted by atomic mass is 16.5. The molecule has 2 bridgehead atoms. The molecule has 24 heavy (non-hydrogen) atoms. The largest absolute Gasteiger partial charge is 0.459 e. The first-order valence-corrected chi connectivity index (χ1v) is 8.06. The van der Waals surface area contributed by atoms with Crippen molar-refractivity contribution in [2.45, 2.75) is 44.6 Å². The number of carbonyl (C=O) groups excluding carboxylic acids is 2. The highest BCUT2D eigenvalue weighted by Crippen LogP contribution is 2.39.